The van der Waals surface area contributed by atoms with Crippen molar-refractivity contribution >= 4 is 40.8 Å². The van der Waals surface area contributed by atoms with E-state index in [1.807, 2.05) is 0 Å². The zero-order chi connectivity index (χ0) is 29.0. The summed E-state index contributed by atoms with van der Waals surface area (Å²) in [7, 11) is 0. The van der Waals surface area contributed by atoms with Gasteiger partial charge in [-0.25, -0.2) is 0 Å². The molecule has 2 rings (SSSR count). The van der Waals surface area contributed by atoms with Crippen LogP contribution in [0.25, 0.3) is 0 Å². The van der Waals surface area contributed by atoms with E-state index in [0.29, 0.717) is 0 Å². The third-order valence-corrected chi connectivity index (χ3v) is 3.53. The van der Waals surface area contributed by atoms with Crippen LogP contribution in [-0.2, 0) is 9.68 Å². The molecule has 0 bridgehead atoms. The number of aliphatic hydroxyl groups excluding tert-OH is 1. The van der Waals surface area contributed by atoms with Gasteiger partial charge in [-0.3, -0.25) is 45.3 Å². The van der Waals surface area contributed by atoms with Crippen LogP contribution in [0.4, 0.5) is 22.7 Å². The maximum absolute atomic E-state index is 10.6. The molecule has 20 heteroatoms. The number of non-ortho nitro benzene ring substituents is 2. The first kappa shape index (κ1) is 48.0. The molecule has 17 nitrogen and oxygen atoms in total. The van der Waals surface area contributed by atoms with E-state index in [-0.39, 0.29) is 153 Å². The Labute approximate surface area is 318 Å². The average Bonchev–Trinajstić information content (AvgIpc) is 2.87. The number of carbonyl (C=O) groups excluding carboxylic acids is 1. The van der Waals surface area contributed by atoms with E-state index in [2.05, 4.69) is 18.0 Å². The number of carbonyl (C=O) groups is 1. The Balaban J connectivity index is -0.000000111. The molecule has 0 aliphatic heterocycles. The second-order valence-corrected chi connectivity index (χ2v) is 5.99. The second-order valence-electron chi connectivity index (χ2n) is 5.58. The molecule has 0 spiro atoms. The number of halogens is 1. The Kier molecular flexibility index (Phi) is 34.6. The molecule has 2 aromatic rings. The van der Waals surface area contributed by atoms with Crippen molar-refractivity contribution in [2.75, 3.05) is 13.2 Å². The van der Waals surface area contributed by atoms with Crippen LogP contribution in [0.3, 0.4) is 0 Å². The molecule has 0 heterocycles. The van der Waals surface area contributed by atoms with Crippen LogP contribution in [0, 0.1) is 40.5 Å². The molecule has 0 saturated heterocycles. The van der Waals surface area contributed by atoms with E-state index >= 15 is 0 Å². The van der Waals surface area contributed by atoms with Crippen LogP contribution in [-0.4, -0.2) is 44.5 Å². The molecule has 210 valence electrons. The summed E-state index contributed by atoms with van der Waals surface area (Å²) in [6, 6.07) is 6.25. The van der Waals surface area contributed by atoms with Crippen LogP contribution in [0.5, 0.6) is 5.75 Å². The van der Waals surface area contributed by atoms with Gasteiger partial charge in [0.2, 0.25) is 0 Å². The van der Waals surface area contributed by atoms with E-state index in [1.54, 1.807) is 0 Å². The quantitative estimate of drug-likeness (QED) is 0.0748. The van der Waals surface area contributed by atoms with Gasteiger partial charge in [0.1, 0.15) is 11.6 Å². The first-order chi connectivity index (χ1) is 17.4. The fourth-order valence-corrected chi connectivity index (χ4v) is 1.97. The number of ether oxygens (including phenoxy) is 1. The number of hydrogen-bond donors (Lipinski definition) is 1. The topological polar surface area (TPSA) is 251 Å². The monoisotopic (exact) mass is 640 g/mol. The number of nitro benzene ring substituents is 4. The zero-order valence-electron chi connectivity index (χ0n) is 21.5. The molecule has 0 saturated carbocycles. The maximum Gasteiger partial charge on any atom is 1.00 e. The zero-order valence-corrected chi connectivity index (χ0v) is 27.5. The Morgan fingerprint density at radius 1 is 0.850 bits per heavy atom. The van der Waals surface area contributed by atoms with E-state index in [0.717, 1.165) is 30.3 Å². The largest absolute Gasteiger partial charge is 1.00 e. The van der Waals surface area contributed by atoms with Gasteiger partial charge < -0.3 is 21.4 Å². The van der Waals surface area contributed by atoms with Crippen molar-refractivity contribution in [2.24, 2.45) is 0 Å². The Hall–Kier alpha value is -1.73. The number of aliphatic hydroxyl groups is 1. The van der Waals surface area contributed by atoms with Crippen molar-refractivity contribution in [2.45, 2.75) is 7.43 Å². The summed E-state index contributed by atoms with van der Waals surface area (Å²) in [5, 5.41) is 57.7. The standard InChI is InChI=1S/C9H8N2O5.C6H3ClN2O4.C3H6O.CH2O3.CH4.2K.H/c1-2-5-16-9-4-3-7(10(12)13)6-8(9)11(14)15;7-5-2-1-4(8(10)11)3-6(5)9(12)13;1-2-3-4;2-1-4-3;;;;/h2-4,6H,1,5H2;1-3H;2,4H,1,3H2;1,3H;1H4;;;/q;;;;;2*+1;-1/p-1. The number of nitro groups is 4. The van der Waals surface area contributed by atoms with Crippen LogP contribution in [0.2, 0.25) is 5.02 Å². The molecule has 40 heavy (non-hydrogen) atoms. The molecular weight excluding hydrogens is 618 g/mol. The molecule has 0 atom stereocenters. The van der Waals surface area contributed by atoms with Gasteiger partial charge in [-0.2, -0.15) is 0 Å². The summed E-state index contributed by atoms with van der Waals surface area (Å²) in [5.74, 6) is -0.0181. The van der Waals surface area contributed by atoms with Gasteiger partial charge in [-0.1, -0.05) is 37.8 Å². The van der Waals surface area contributed by atoms with Gasteiger partial charge in [0, 0.05) is 12.1 Å². The van der Waals surface area contributed by atoms with Gasteiger partial charge in [-0.05, 0) is 12.1 Å². The summed E-state index contributed by atoms with van der Waals surface area (Å²) in [6.07, 6.45) is 2.85. The Morgan fingerprint density at radius 2 is 1.25 bits per heavy atom. The molecule has 0 aliphatic carbocycles. The minimum Gasteiger partial charge on any atom is -1.00 e. The SMILES string of the molecule is C.C=CCO.C=CCOc1ccc([N+](=O)[O-])cc1[N+](=O)[O-].O=CO[O-].O=[N+]([O-])c1ccc(Cl)c([N+](=O)[O-])c1.[H-].[K+].[K+]. The van der Waals surface area contributed by atoms with Crippen LogP contribution < -0.4 is 113 Å². The first-order valence-corrected chi connectivity index (χ1v) is 9.48. The summed E-state index contributed by atoms with van der Waals surface area (Å²) in [5.41, 5.74) is -1.60. The molecule has 0 amide bonds. The molecule has 0 fully saturated rings. The number of benzene rings is 2. The summed E-state index contributed by atoms with van der Waals surface area (Å²) in [4.78, 5) is 49.9. The Morgan fingerprint density at radius 3 is 1.57 bits per heavy atom. The van der Waals surface area contributed by atoms with Crippen molar-refractivity contribution in [3.05, 3.63) is 107 Å². The van der Waals surface area contributed by atoms with Crippen molar-refractivity contribution in [3.8, 4) is 5.75 Å². The number of hydrogen-bond acceptors (Lipinski definition) is 13. The fraction of sp³-hybridized carbons (Fsp3) is 0.150. The van der Waals surface area contributed by atoms with E-state index < -0.39 is 31.1 Å². The van der Waals surface area contributed by atoms with Crippen molar-refractivity contribution in [1.82, 2.24) is 0 Å². The minimum atomic E-state index is -0.769. The van der Waals surface area contributed by atoms with E-state index in [4.69, 9.17) is 31.5 Å². The summed E-state index contributed by atoms with van der Waals surface area (Å²) >= 11 is 5.43. The number of nitrogens with zero attached hydrogens (tertiary/aromatic N) is 4. The molecule has 0 aliphatic rings. The molecule has 2 aromatic carbocycles. The summed E-state index contributed by atoms with van der Waals surface area (Å²) < 4.78 is 5.00. The molecule has 0 radical (unpaired) electrons. The smallest absolute Gasteiger partial charge is 1.00 e. The van der Waals surface area contributed by atoms with Crippen LogP contribution in [0.1, 0.15) is 8.85 Å². The van der Waals surface area contributed by atoms with Crippen LogP contribution in [0.15, 0.2) is 61.7 Å². The van der Waals surface area contributed by atoms with Gasteiger partial charge in [0.25, 0.3) is 23.5 Å². The average molecular weight is 641 g/mol. The van der Waals surface area contributed by atoms with Gasteiger partial charge in [0.15, 0.2) is 5.75 Å². The van der Waals surface area contributed by atoms with Crippen LogP contribution >= 0.6 is 11.6 Å². The van der Waals surface area contributed by atoms with Gasteiger partial charge >= 0.3 is 108 Å². The molecule has 1 N–H and O–H groups in total. The molecule has 0 aromatic heterocycles. The normalized spacial score (nSPS) is 8.07. The van der Waals surface area contributed by atoms with Crippen molar-refractivity contribution in [1.29, 1.82) is 0 Å². The molecule has 0 unspecified atom stereocenters. The molecular formula is C20H23ClK2N4O13. The fourth-order valence-electron chi connectivity index (χ4n) is 1.79. The minimum absolute atomic E-state index is 0. The Bertz CT molecular complexity index is 1120. The summed E-state index contributed by atoms with van der Waals surface area (Å²) in [6.45, 7) is 6.62. The van der Waals surface area contributed by atoms with E-state index in [1.165, 1.54) is 18.2 Å². The van der Waals surface area contributed by atoms with Crippen molar-refractivity contribution in [3.63, 3.8) is 0 Å². The van der Waals surface area contributed by atoms with Crippen molar-refractivity contribution < 1.29 is 149 Å². The second kappa shape index (κ2) is 28.8. The first-order valence-electron chi connectivity index (χ1n) is 9.10. The van der Waals surface area contributed by atoms with Gasteiger partial charge in [0.05, 0.1) is 38.4 Å². The van der Waals surface area contributed by atoms with Gasteiger partial charge in [-0.15, -0.1) is 6.58 Å². The third-order valence-electron chi connectivity index (χ3n) is 3.21. The van der Waals surface area contributed by atoms with E-state index in [9.17, 15) is 40.5 Å². The third kappa shape index (κ3) is 21.1. The predicted molar refractivity (Wildman–Crippen MR) is 132 cm³/mol. The maximum atomic E-state index is 10.6. The number of rotatable bonds is 9. The predicted octanol–water partition coefficient (Wildman–Crippen LogP) is -2.42.